The van der Waals surface area contributed by atoms with E-state index in [-0.39, 0.29) is 0 Å². The molecule has 0 amide bonds. The molecule has 0 spiro atoms. The molecule has 0 saturated heterocycles. The molecule has 0 unspecified atom stereocenters. The highest BCUT2D eigenvalue weighted by Gasteiger charge is 1.89. The van der Waals surface area contributed by atoms with Crippen LogP contribution in [-0.2, 0) is 0 Å². The van der Waals surface area contributed by atoms with Crippen molar-refractivity contribution in [3.8, 4) is 0 Å². The van der Waals surface area contributed by atoms with Crippen LogP contribution in [0.1, 0.15) is 6.92 Å². The first-order chi connectivity index (χ1) is 4.75. The highest BCUT2D eigenvalue weighted by atomic mass is 16.3. The van der Waals surface area contributed by atoms with Crippen molar-refractivity contribution >= 4 is 12.2 Å². The largest absolute Gasteiger partial charge is 0.444 e. The van der Waals surface area contributed by atoms with Crippen LogP contribution in [0.2, 0.25) is 0 Å². The van der Waals surface area contributed by atoms with Crippen molar-refractivity contribution in [3.63, 3.8) is 0 Å². The molecule has 0 aliphatic rings. The smallest absolute Gasteiger partial charge is 0.181 e. The molecule has 0 aliphatic heterocycles. The number of oxazole rings is 1. The molecule has 1 aromatic heterocycles. The molecular formula is C8H9NO. The molecule has 0 fully saturated rings. The Morgan fingerprint density at radius 2 is 2.50 bits per heavy atom. The van der Waals surface area contributed by atoms with Crippen LogP contribution in [0.15, 0.2) is 23.5 Å². The molecule has 0 aliphatic carbocycles. The van der Waals surface area contributed by atoms with Crippen LogP contribution in [0.5, 0.6) is 0 Å². The summed E-state index contributed by atoms with van der Waals surface area (Å²) in [6.45, 7) is 9.18. The Labute approximate surface area is 59.2 Å². The fourth-order valence-electron chi connectivity index (χ4n) is 0.689. The third kappa shape index (κ3) is 1.00. The average molecular weight is 135 g/mol. The molecule has 0 radical (unpaired) electrons. The van der Waals surface area contributed by atoms with Crippen molar-refractivity contribution in [1.29, 1.82) is 0 Å². The predicted octanol–water partition coefficient (Wildman–Crippen LogP) is 0.442. The van der Waals surface area contributed by atoms with Crippen molar-refractivity contribution in [2.24, 2.45) is 0 Å². The van der Waals surface area contributed by atoms with Gasteiger partial charge in [0, 0.05) is 0 Å². The lowest BCUT2D eigenvalue weighted by Gasteiger charge is -1.81. The van der Waals surface area contributed by atoms with Gasteiger partial charge < -0.3 is 4.42 Å². The molecule has 2 nitrogen and oxygen atoms in total. The van der Waals surface area contributed by atoms with E-state index in [1.165, 1.54) is 6.39 Å². The van der Waals surface area contributed by atoms with Crippen LogP contribution in [0.4, 0.5) is 0 Å². The van der Waals surface area contributed by atoms with Gasteiger partial charge in [0.25, 0.3) is 0 Å². The van der Waals surface area contributed by atoms with Gasteiger partial charge >= 0.3 is 0 Å². The summed E-state index contributed by atoms with van der Waals surface area (Å²) in [4.78, 5) is 3.95. The molecule has 1 heterocycles. The number of hydrogen-bond acceptors (Lipinski definition) is 2. The van der Waals surface area contributed by atoms with E-state index in [1.807, 2.05) is 6.92 Å². The Hall–Kier alpha value is -1.31. The summed E-state index contributed by atoms with van der Waals surface area (Å²) < 4.78 is 4.90. The lowest BCUT2D eigenvalue weighted by Crippen LogP contribution is -2.22. The Morgan fingerprint density at radius 3 is 2.90 bits per heavy atom. The Bertz CT molecular complexity index is 334. The molecule has 2 heteroatoms. The molecule has 0 bridgehead atoms. The lowest BCUT2D eigenvalue weighted by molar-refractivity contribution is 0.526. The first-order valence-corrected chi connectivity index (χ1v) is 2.97. The molecule has 1 aromatic rings. The van der Waals surface area contributed by atoms with E-state index in [0.29, 0.717) is 5.42 Å². The average Bonchev–Trinajstić information content (AvgIpc) is 2.34. The van der Waals surface area contributed by atoms with Crippen LogP contribution >= 0.6 is 0 Å². The minimum absolute atomic E-state index is 0.595. The predicted molar refractivity (Wildman–Crippen MR) is 40.6 cm³/mol. The zero-order valence-corrected chi connectivity index (χ0v) is 5.92. The second kappa shape index (κ2) is 2.52. The number of allylic oxidation sites excluding steroid dienone is 1. The fourth-order valence-corrected chi connectivity index (χ4v) is 0.689. The number of rotatable bonds is 1. The maximum atomic E-state index is 4.90. The molecule has 52 valence electrons. The van der Waals surface area contributed by atoms with Crippen molar-refractivity contribution in [2.45, 2.75) is 6.92 Å². The van der Waals surface area contributed by atoms with Crippen LogP contribution in [0, 0.1) is 0 Å². The van der Waals surface area contributed by atoms with E-state index in [4.69, 9.17) is 4.42 Å². The first-order valence-electron chi connectivity index (χ1n) is 2.97. The van der Waals surface area contributed by atoms with Gasteiger partial charge in [-0.1, -0.05) is 19.2 Å². The van der Waals surface area contributed by atoms with Gasteiger partial charge in [-0.3, -0.25) is 0 Å². The van der Waals surface area contributed by atoms with Gasteiger partial charge in [-0.05, 0) is 12.5 Å². The van der Waals surface area contributed by atoms with E-state index in [1.54, 1.807) is 6.08 Å². The van der Waals surface area contributed by atoms with E-state index in [9.17, 15) is 0 Å². The van der Waals surface area contributed by atoms with Gasteiger partial charge in [0.2, 0.25) is 0 Å². The Balaban J connectivity index is 3.55. The summed E-state index contributed by atoms with van der Waals surface area (Å²) in [5.41, 5.74) is 1.58. The summed E-state index contributed by atoms with van der Waals surface area (Å²) in [5.74, 6) is 0. The zero-order chi connectivity index (χ0) is 7.56. The minimum atomic E-state index is 0.595. The van der Waals surface area contributed by atoms with E-state index in [2.05, 4.69) is 18.1 Å². The zero-order valence-electron chi connectivity index (χ0n) is 5.92. The monoisotopic (exact) mass is 135 g/mol. The standard InChI is InChI=1S/C8H9NO/c1-4-6(2)8-7(3)10-5-9-8/h4-5H,1,3H2,2H3/b8-6+. The molecule has 1 rings (SSSR count). The maximum Gasteiger partial charge on any atom is 0.181 e. The molecule has 10 heavy (non-hydrogen) atoms. The van der Waals surface area contributed by atoms with Crippen molar-refractivity contribution < 1.29 is 4.42 Å². The summed E-state index contributed by atoms with van der Waals surface area (Å²) >= 11 is 0. The van der Waals surface area contributed by atoms with Gasteiger partial charge in [-0.25, -0.2) is 4.98 Å². The lowest BCUT2D eigenvalue weighted by atomic mass is 10.3. The number of nitrogens with zero attached hydrogens (tertiary/aromatic N) is 1. The van der Waals surface area contributed by atoms with Crippen LogP contribution < -0.4 is 10.8 Å². The van der Waals surface area contributed by atoms with Gasteiger partial charge in [-0.2, -0.15) is 0 Å². The Kier molecular flexibility index (Phi) is 1.71. The van der Waals surface area contributed by atoms with Crippen LogP contribution in [0.3, 0.4) is 0 Å². The van der Waals surface area contributed by atoms with Gasteiger partial charge in [0.1, 0.15) is 10.8 Å². The van der Waals surface area contributed by atoms with Crippen molar-refractivity contribution in [3.05, 3.63) is 29.8 Å². The highest BCUT2D eigenvalue weighted by molar-refractivity contribution is 5.50. The quantitative estimate of drug-likeness (QED) is 0.558. The molecule has 0 aromatic carbocycles. The van der Waals surface area contributed by atoms with E-state index >= 15 is 0 Å². The summed E-state index contributed by atoms with van der Waals surface area (Å²) in [6, 6.07) is 0. The normalized spacial score (nSPS) is 12.9. The molecule has 0 saturated carbocycles. The topological polar surface area (TPSA) is 26.0 Å². The SMILES string of the molecule is C=C/C(C)=c1/ncoc1=C. The van der Waals surface area contributed by atoms with Crippen molar-refractivity contribution in [1.82, 2.24) is 4.98 Å². The van der Waals surface area contributed by atoms with E-state index < -0.39 is 0 Å². The third-order valence-corrected chi connectivity index (χ3v) is 1.32. The Morgan fingerprint density at radius 1 is 1.80 bits per heavy atom. The van der Waals surface area contributed by atoms with E-state index in [0.717, 1.165) is 10.9 Å². The highest BCUT2D eigenvalue weighted by Crippen LogP contribution is 1.85. The van der Waals surface area contributed by atoms with Crippen LogP contribution in [-0.4, -0.2) is 4.98 Å². The van der Waals surface area contributed by atoms with Gasteiger partial charge in [0.05, 0.1) is 0 Å². The number of hydrogen-bond donors (Lipinski definition) is 0. The summed E-state index contributed by atoms with van der Waals surface area (Å²) in [7, 11) is 0. The maximum absolute atomic E-state index is 4.90. The van der Waals surface area contributed by atoms with Gasteiger partial charge in [0.15, 0.2) is 6.39 Å². The molecular weight excluding hydrogens is 126 g/mol. The molecule has 0 atom stereocenters. The minimum Gasteiger partial charge on any atom is -0.444 e. The third-order valence-electron chi connectivity index (χ3n) is 1.32. The van der Waals surface area contributed by atoms with Gasteiger partial charge in [-0.15, -0.1) is 0 Å². The summed E-state index contributed by atoms with van der Waals surface area (Å²) in [5, 5.41) is 0.787. The van der Waals surface area contributed by atoms with Crippen molar-refractivity contribution in [2.75, 3.05) is 0 Å². The fraction of sp³-hybridized carbons (Fsp3) is 0.125. The molecule has 0 N–H and O–H groups in total. The van der Waals surface area contributed by atoms with Crippen LogP contribution in [0.25, 0.3) is 12.2 Å². The second-order valence-corrected chi connectivity index (χ2v) is 2.01. The second-order valence-electron chi connectivity index (χ2n) is 2.01. The summed E-state index contributed by atoms with van der Waals surface area (Å²) in [6.07, 6.45) is 3.11. The number of aromatic nitrogens is 1. The first kappa shape index (κ1) is 6.81.